The molecular weight excluding hydrogens is 386 g/mol. The maximum Gasteiger partial charge on any atom is 0.230 e. The lowest BCUT2D eigenvalue weighted by molar-refractivity contribution is -0.127. The van der Waals surface area contributed by atoms with Gasteiger partial charge in [0.15, 0.2) is 0 Å². The van der Waals surface area contributed by atoms with E-state index in [0.717, 1.165) is 0 Å². The third kappa shape index (κ3) is 4.86. The van der Waals surface area contributed by atoms with Gasteiger partial charge in [0.25, 0.3) is 0 Å². The topological polar surface area (TPSA) is 40.6 Å². The van der Waals surface area contributed by atoms with Crippen LogP contribution < -0.4 is 9.80 Å². The molecule has 1 aliphatic carbocycles. The smallest absolute Gasteiger partial charge is 0.230 e. The summed E-state index contributed by atoms with van der Waals surface area (Å²) in [5.74, 6) is -0.882. The second kappa shape index (κ2) is 9.83. The van der Waals surface area contributed by atoms with Gasteiger partial charge in [-0.1, -0.05) is 0 Å². The van der Waals surface area contributed by atoms with Gasteiger partial charge in [0.1, 0.15) is 11.6 Å². The van der Waals surface area contributed by atoms with E-state index in [1.54, 1.807) is 34.1 Å². The molecule has 2 aromatic rings. The first-order chi connectivity index (χ1) is 14.4. The van der Waals surface area contributed by atoms with Crippen molar-refractivity contribution in [2.24, 2.45) is 11.8 Å². The van der Waals surface area contributed by atoms with E-state index in [-0.39, 0.29) is 35.3 Å². The Labute approximate surface area is 176 Å². The van der Waals surface area contributed by atoms with E-state index in [9.17, 15) is 18.4 Å². The van der Waals surface area contributed by atoms with Crippen LogP contribution in [0.5, 0.6) is 0 Å². The van der Waals surface area contributed by atoms with Crippen LogP contribution in [-0.2, 0) is 9.59 Å². The molecule has 160 valence electrons. The lowest BCUT2D eigenvalue weighted by atomic mass is 9.80. The van der Waals surface area contributed by atoms with Gasteiger partial charge in [-0.15, -0.1) is 0 Å². The highest BCUT2D eigenvalue weighted by Gasteiger charge is 2.34. The zero-order valence-corrected chi connectivity index (χ0v) is 17.5. The second-order valence-corrected chi connectivity index (χ2v) is 7.67. The average molecular weight is 414 g/mol. The van der Waals surface area contributed by atoms with Crippen molar-refractivity contribution in [2.45, 2.75) is 39.5 Å². The fraction of sp³-hybridized carbons (Fsp3) is 0.417. The van der Waals surface area contributed by atoms with Crippen LogP contribution in [0.4, 0.5) is 20.2 Å². The maximum absolute atomic E-state index is 13.2. The highest BCUT2D eigenvalue weighted by Crippen LogP contribution is 2.33. The summed E-state index contributed by atoms with van der Waals surface area (Å²) in [6, 6.07) is 11.9. The summed E-state index contributed by atoms with van der Waals surface area (Å²) in [5, 5.41) is 0. The third-order valence-corrected chi connectivity index (χ3v) is 5.87. The maximum atomic E-state index is 13.2. The molecule has 0 N–H and O–H groups in total. The molecule has 0 aromatic heterocycles. The molecule has 0 saturated heterocycles. The molecule has 0 atom stereocenters. The number of carbonyl (C=O) groups excluding carboxylic acids is 2. The molecule has 1 saturated carbocycles. The van der Waals surface area contributed by atoms with E-state index in [2.05, 4.69) is 0 Å². The summed E-state index contributed by atoms with van der Waals surface area (Å²) >= 11 is 0. The number of hydrogen-bond acceptors (Lipinski definition) is 2. The Balaban J connectivity index is 1.62. The molecule has 1 fully saturated rings. The number of hydrogen-bond donors (Lipinski definition) is 0. The van der Waals surface area contributed by atoms with Crippen molar-refractivity contribution in [3.05, 3.63) is 60.2 Å². The largest absolute Gasteiger partial charge is 0.312 e. The minimum atomic E-state index is -0.331. The second-order valence-electron chi connectivity index (χ2n) is 7.67. The fourth-order valence-electron chi connectivity index (χ4n) is 4.20. The van der Waals surface area contributed by atoms with Gasteiger partial charge >= 0.3 is 0 Å². The van der Waals surface area contributed by atoms with Crippen molar-refractivity contribution in [3.8, 4) is 0 Å². The lowest BCUT2D eigenvalue weighted by Gasteiger charge is -2.33. The summed E-state index contributed by atoms with van der Waals surface area (Å²) in [7, 11) is 0. The summed E-state index contributed by atoms with van der Waals surface area (Å²) in [6.07, 6.45) is 2.59. The van der Waals surface area contributed by atoms with Gasteiger partial charge < -0.3 is 9.80 Å². The summed E-state index contributed by atoms with van der Waals surface area (Å²) in [5.41, 5.74) is 1.38. The Morgan fingerprint density at radius 3 is 1.27 bits per heavy atom. The molecule has 0 aliphatic heterocycles. The normalized spacial score (nSPS) is 18.7. The zero-order chi connectivity index (χ0) is 21.7. The van der Waals surface area contributed by atoms with Gasteiger partial charge in [-0.25, -0.2) is 8.78 Å². The molecular formula is C24H28F2N2O2. The molecule has 0 heterocycles. The molecule has 0 spiro atoms. The molecule has 0 radical (unpaired) electrons. The van der Waals surface area contributed by atoms with Crippen molar-refractivity contribution in [3.63, 3.8) is 0 Å². The molecule has 6 heteroatoms. The van der Waals surface area contributed by atoms with Gasteiger partial charge in [0, 0.05) is 36.3 Å². The van der Waals surface area contributed by atoms with Crippen molar-refractivity contribution in [1.82, 2.24) is 0 Å². The molecule has 2 amide bonds. The Hall–Kier alpha value is -2.76. The zero-order valence-electron chi connectivity index (χ0n) is 17.5. The van der Waals surface area contributed by atoms with E-state index in [1.165, 1.54) is 24.3 Å². The minimum absolute atomic E-state index is 0.0286. The first-order valence-corrected chi connectivity index (χ1v) is 10.6. The Kier molecular flexibility index (Phi) is 7.19. The Morgan fingerprint density at radius 2 is 1.00 bits per heavy atom. The molecule has 3 rings (SSSR count). The van der Waals surface area contributed by atoms with Gasteiger partial charge in [0.2, 0.25) is 11.8 Å². The van der Waals surface area contributed by atoms with Crippen molar-refractivity contribution in [1.29, 1.82) is 0 Å². The predicted molar refractivity (Wildman–Crippen MR) is 114 cm³/mol. The van der Waals surface area contributed by atoms with Gasteiger partial charge in [-0.05, 0) is 88.1 Å². The highest BCUT2D eigenvalue weighted by molar-refractivity contribution is 5.96. The minimum Gasteiger partial charge on any atom is -0.312 e. The fourth-order valence-corrected chi connectivity index (χ4v) is 4.20. The van der Waals surface area contributed by atoms with Crippen LogP contribution in [0.2, 0.25) is 0 Å². The SMILES string of the molecule is CCN(C(=O)C1CCC(C(=O)N(CC)c2ccc(F)cc2)CC1)c1ccc(F)cc1. The number of anilines is 2. The highest BCUT2D eigenvalue weighted by atomic mass is 19.1. The Bertz CT molecular complexity index is 786. The quantitative estimate of drug-likeness (QED) is 0.654. The van der Waals surface area contributed by atoms with Crippen molar-refractivity contribution < 1.29 is 18.4 Å². The number of halogens is 2. The van der Waals surface area contributed by atoms with Crippen LogP contribution in [0, 0.1) is 23.5 Å². The molecule has 0 bridgehead atoms. The lowest BCUT2D eigenvalue weighted by Crippen LogP contribution is -2.41. The number of nitrogens with zero attached hydrogens (tertiary/aromatic N) is 2. The van der Waals surface area contributed by atoms with E-state index in [0.29, 0.717) is 50.1 Å². The summed E-state index contributed by atoms with van der Waals surface area (Å²) in [4.78, 5) is 29.4. The number of rotatable bonds is 6. The monoisotopic (exact) mass is 414 g/mol. The van der Waals surface area contributed by atoms with Gasteiger partial charge in [-0.3, -0.25) is 9.59 Å². The standard InChI is InChI=1S/C24H28F2N2O2/c1-3-27(21-13-9-19(25)10-14-21)23(29)17-5-7-18(8-6-17)24(30)28(4-2)22-15-11-20(26)12-16-22/h9-18H,3-8H2,1-2H3. The Morgan fingerprint density at radius 1 is 0.700 bits per heavy atom. The number of benzene rings is 2. The van der Waals surface area contributed by atoms with Gasteiger partial charge in [-0.2, -0.15) is 0 Å². The van der Waals surface area contributed by atoms with Crippen LogP contribution in [-0.4, -0.2) is 24.9 Å². The molecule has 0 unspecified atom stereocenters. The first kappa shape index (κ1) is 21.9. The van der Waals surface area contributed by atoms with Crippen LogP contribution in [0.1, 0.15) is 39.5 Å². The van der Waals surface area contributed by atoms with Crippen LogP contribution in [0.25, 0.3) is 0 Å². The van der Waals surface area contributed by atoms with E-state index in [1.807, 2.05) is 13.8 Å². The van der Waals surface area contributed by atoms with E-state index >= 15 is 0 Å². The molecule has 4 nitrogen and oxygen atoms in total. The van der Waals surface area contributed by atoms with Crippen LogP contribution in [0.15, 0.2) is 48.5 Å². The van der Waals surface area contributed by atoms with Crippen molar-refractivity contribution in [2.75, 3.05) is 22.9 Å². The first-order valence-electron chi connectivity index (χ1n) is 10.6. The third-order valence-electron chi connectivity index (χ3n) is 5.87. The summed E-state index contributed by atoms with van der Waals surface area (Å²) < 4.78 is 26.4. The number of amides is 2. The molecule has 30 heavy (non-hydrogen) atoms. The average Bonchev–Trinajstić information content (AvgIpc) is 2.77. The van der Waals surface area contributed by atoms with E-state index < -0.39 is 0 Å². The van der Waals surface area contributed by atoms with Crippen LogP contribution in [0.3, 0.4) is 0 Å². The summed E-state index contributed by atoms with van der Waals surface area (Å²) in [6.45, 7) is 4.82. The van der Waals surface area contributed by atoms with E-state index in [4.69, 9.17) is 0 Å². The van der Waals surface area contributed by atoms with Crippen LogP contribution >= 0.6 is 0 Å². The predicted octanol–water partition coefficient (Wildman–Crippen LogP) is 5.18. The van der Waals surface area contributed by atoms with Gasteiger partial charge in [0.05, 0.1) is 0 Å². The van der Waals surface area contributed by atoms with Crippen molar-refractivity contribution >= 4 is 23.2 Å². The molecule has 1 aliphatic rings. The number of carbonyl (C=O) groups is 2. The molecule has 2 aromatic carbocycles.